The maximum Gasteiger partial charge on any atom is 0.318 e. The van der Waals surface area contributed by atoms with Crippen molar-refractivity contribution in [1.82, 2.24) is 20.2 Å². The highest BCUT2D eigenvalue weighted by Gasteiger charge is 2.28. The molecular formula is C17H24N4O3S. The predicted octanol–water partition coefficient (Wildman–Crippen LogP) is 2.01. The zero-order valence-corrected chi connectivity index (χ0v) is 15.6. The molecule has 25 heavy (non-hydrogen) atoms. The van der Waals surface area contributed by atoms with Crippen molar-refractivity contribution in [3.63, 3.8) is 0 Å². The fourth-order valence-corrected chi connectivity index (χ4v) is 4.18. The number of H-pyrrole nitrogens is 1. The summed E-state index contributed by atoms with van der Waals surface area (Å²) in [5, 5.41) is 3.00. The van der Waals surface area contributed by atoms with Gasteiger partial charge < -0.3 is 15.2 Å². The summed E-state index contributed by atoms with van der Waals surface area (Å²) in [7, 11) is -3.01. The lowest BCUT2D eigenvalue weighted by Gasteiger charge is -2.29. The first kappa shape index (κ1) is 17.7. The lowest BCUT2D eigenvalue weighted by atomic mass is 10.0. The Morgan fingerprint density at radius 2 is 1.96 bits per heavy atom. The molecule has 7 nitrogen and oxygen atoms in total. The molecule has 136 valence electrons. The number of carbonyl (C=O) groups is 1. The number of aromatic amines is 1. The van der Waals surface area contributed by atoms with Crippen molar-refractivity contribution in [2.45, 2.75) is 26.8 Å². The number of amides is 2. The van der Waals surface area contributed by atoms with Gasteiger partial charge in [0.15, 0.2) is 9.84 Å². The average Bonchev–Trinajstić information content (AvgIpc) is 2.94. The quantitative estimate of drug-likeness (QED) is 0.871. The van der Waals surface area contributed by atoms with E-state index >= 15 is 0 Å². The first-order chi connectivity index (χ1) is 11.7. The zero-order valence-electron chi connectivity index (χ0n) is 14.7. The van der Waals surface area contributed by atoms with Gasteiger partial charge in [-0.2, -0.15) is 0 Å². The Hall–Kier alpha value is -2.09. The van der Waals surface area contributed by atoms with Crippen LogP contribution in [0.25, 0.3) is 11.0 Å². The molecule has 8 heteroatoms. The largest absolute Gasteiger partial charge is 0.340 e. The summed E-state index contributed by atoms with van der Waals surface area (Å²) in [5.74, 6) is 0.903. The number of hydrogen-bond acceptors (Lipinski definition) is 4. The van der Waals surface area contributed by atoms with Crippen molar-refractivity contribution in [2.24, 2.45) is 5.92 Å². The standard InChI is InChI=1S/C17H24N4O3S/c1-11(2)15(16-18-13-5-4-12(3)10-14(13)19-16)20-17(22)21-6-8-25(23,24)9-7-21/h4-5,10-11,15H,6-9H2,1-3H3,(H,18,19)(H,20,22)/t15-/m1/s1. The monoisotopic (exact) mass is 364 g/mol. The van der Waals surface area contributed by atoms with E-state index in [4.69, 9.17) is 0 Å². The van der Waals surface area contributed by atoms with Gasteiger partial charge in [0.1, 0.15) is 5.82 Å². The number of hydrogen-bond donors (Lipinski definition) is 2. The first-order valence-electron chi connectivity index (χ1n) is 8.47. The summed E-state index contributed by atoms with van der Waals surface area (Å²) in [6.07, 6.45) is 0. The van der Waals surface area contributed by atoms with E-state index in [0.717, 1.165) is 16.6 Å². The maximum atomic E-state index is 12.5. The summed E-state index contributed by atoms with van der Waals surface area (Å²) >= 11 is 0. The van der Waals surface area contributed by atoms with Gasteiger partial charge in [0.25, 0.3) is 0 Å². The highest BCUT2D eigenvalue weighted by molar-refractivity contribution is 7.91. The molecule has 0 aliphatic carbocycles. The van der Waals surface area contributed by atoms with Crippen LogP contribution in [0.1, 0.15) is 31.3 Å². The number of fused-ring (bicyclic) bond motifs is 1. The summed E-state index contributed by atoms with van der Waals surface area (Å²) in [4.78, 5) is 22.0. The predicted molar refractivity (Wildman–Crippen MR) is 97.2 cm³/mol. The first-order valence-corrected chi connectivity index (χ1v) is 10.3. The molecule has 1 aliphatic heterocycles. The van der Waals surface area contributed by atoms with Crippen molar-refractivity contribution >= 4 is 26.9 Å². The van der Waals surface area contributed by atoms with E-state index in [1.165, 1.54) is 0 Å². The number of urea groups is 1. The second kappa shape index (κ2) is 6.67. The molecule has 3 rings (SSSR count). The van der Waals surface area contributed by atoms with E-state index < -0.39 is 9.84 Å². The number of imidazole rings is 1. The molecule has 0 bridgehead atoms. The van der Waals surface area contributed by atoms with Crippen molar-refractivity contribution < 1.29 is 13.2 Å². The van der Waals surface area contributed by atoms with Gasteiger partial charge in [-0.25, -0.2) is 18.2 Å². The van der Waals surface area contributed by atoms with Gasteiger partial charge in [0, 0.05) is 13.1 Å². The fraction of sp³-hybridized carbons (Fsp3) is 0.529. The normalized spacial score (nSPS) is 18.5. The second-order valence-corrected chi connectivity index (χ2v) is 9.26. The van der Waals surface area contributed by atoms with Crippen LogP contribution in [0.2, 0.25) is 0 Å². The molecule has 0 radical (unpaired) electrons. The molecule has 2 aromatic rings. The number of nitrogens with zero attached hydrogens (tertiary/aromatic N) is 2. The van der Waals surface area contributed by atoms with Crippen LogP contribution >= 0.6 is 0 Å². The van der Waals surface area contributed by atoms with Gasteiger partial charge in [-0.3, -0.25) is 0 Å². The number of nitrogens with one attached hydrogen (secondary N) is 2. The van der Waals surface area contributed by atoms with Gasteiger partial charge in [-0.1, -0.05) is 19.9 Å². The molecule has 0 spiro atoms. The van der Waals surface area contributed by atoms with Crippen LogP contribution in [0.3, 0.4) is 0 Å². The fourth-order valence-electron chi connectivity index (χ4n) is 2.98. The van der Waals surface area contributed by atoms with E-state index in [9.17, 15) is 13.2 Å². The summed E-state index contributed by atoms with van der Waals surface area (Å²) in [5.41, 5.74) is 2.95. The van der Waals surface area contributed by atoms with Crippen LogP contribution < -0.4 is 5.32 Å². The number of aromatic nitrogens is 2. The minimum Gasteiger partial charge on any atom is -0.340 e. The Kier molecular flexibility index (Phi) is 4.73. The van der Waals surface area contributed by atoms with E-state index in [2.05, 4.69) is 15.3 Å². The summed E-state index contributed by atoms with van der Waals surface area (Å²) < 4.78 is 23.0. The van der Waals surface area contributed by atoms with Crippen molar-refractivity contribution in [2.75, 3.05) is 24.6 Å². The minimum absolute atomic E-state index is 0.0245. The van der Waals surface area contributed by atoms with Crippen LogP contribution in [0.4, 0.5) is 4.79 Å². The highest BCUT2D eigenvalue weighted by Crippen LogP contribution is 2.23. The van der Waals surface area contributed by atoms with Gasteiger partial charge in [-0.15, -0.1) is 0 Å². The number of carbonyl (C=O) groups excluding carboxylic acids is 1. The summed E-state index contributed by atoms with van der Waals surface area (Å²) in [6, 6.07) is 5.48. The van der Waals surface area contributed by atoms with Crippen LogP contribution in [0, 0.1) is 12.8 Å². The Labute approximate surface area is 147 Å². The van der Waals surface area contributed by atoms with Crippen molar-refractivity contribution in [3.05, 3.63) is 29.6 Å². The van der Waals surface area contributed by atoms with E-state index in [-0.39, 0.29) is 42.6 Å². The molecule has 1 atom stereocenters. The third-order valence-electron chi connectivity index (χ3n) is 4.53. The number of aryl methyl sites for hydroxylation is 1. The lowest BCUT2D eigenvalue weighted by Crippen LogP contribution is -2.49. The van der Waals surface area contributed by atoms with Crippen LogP contribution in [0.15, 0.2) is 18.2 Å². The van der Waals surface area contributed by atoms with Crippen molar-refractivity contribution in [1.29, 1.82) is 0 Å². The van der Waals surface area contributed by atoms with Crippen LogP contribution in [-0.4, -0.2) is 53.9 Å². The molecule has 1 saturated heterocycles. The molecule has 1 aliphatic rings. The molecule has 2 amide bonds. The van der Waals surface area contributed by atoms with Crippen molar-refractivity contribution in [3.8, 4) is 0 Å². The van der Waals surface area contributed by atoms with Crippen LogP contribution in [-0.2, 0) is 9.84 Å². The van der Waals surface area contributed by atoms with Gasteiger partial charge in [0.2, 0.25) is 0 Å². The molecule has 2 N–H and O–H groups in total. The Balaban J connectivity index is 1.77. The van der Waals surface area contributed by atoms with Gasteiger partial charge in [-0.05, 0) is 30.5 Å². The summed E-state index contributed by atoms with van der Waals surface area (Å²) in [6.45, 7) is 6.52. The molecule has 0 saturated carbocycles. The topological polar surface area (TPSA) is 95.2 Å². The lowest BCUT2D eigenvalue weighted by molar-refractivity contribution is 0.193. The molecular weight excluding hydrogens is 340 g/mol. The molecule has 0 unspecified atom stereocenters. The molecule has 1 aromatic heterocycles. The number of sulfone groups is 1. The number of rotatable bonds is 3. The zero-order chi connectivity index (χ0) is 18.2. The SMILES string of the molecule is Cc1ccc2nc([C@H](NC(=O)N3CCS(=O)(=O)CC3)C(C)C)[nH]c2c1. The average molecular weight is 364 g/mol. The Bertz CT molecular complexity index is 874. The number of benzene rings is 1. The van der Waals surface area contributed by atoms with Gasteiger partial charge >= 0.3 is 6.03 Å². The molecule has 1 aromatic carbocycles. The second-order valence-electron chi connectivity index (χ2n) is 6.95. The maximum absolute atomic E-state index is 12.5. The minimum atomic E-state index is -3.01. The smallest absolute Gasteiger partial charge is 0.318 e. The Morgan fingerprint density at radius 1 is 1.28 bits per heavy atom. The van der Waals surface area contributed by atoms with Gasteiger partial charge in [0.05, 0.1) is 28.6 Å². The van der Waals surface area contributed by atoms with E-state index in [1.807, 2.05) is 39.0 Å². The van der Waals surface area contributed by atoms with E-state index in [1.54, 1.807) is 4.90 Å². The Morgan fingerprint density at radius 3 is 2.60 bits per heavy atom. The highest BCUT2D eigenvalue weighted by atomic mass is 32.2. The molecule has 2 heterocycles. The third kappa shape index (κ3) is 3.95. The van der Waals surface area contributed by atoms with E-state index in [0.29, 0.717) is 5.82 Å². The van der Waals surface area contributed by atoms with Crippen LogP contribution in [0.5, 0.6) is 0 Å². The third-order valence-corrected chi connectivity index (χ3v) is 6.14. The molecule has 1 fully saturated rings.